The summed E-state index contributed by atoms with van der Waals surface area (Å²) in [5.74, 6) is 0.815. The molecule has 4 rings (SSSR count). The Morgan fingerprint density at radius 3 is 2.46 bits per heavy atom. The summed E-state index contributed by atoms with van der Waals surface area (Å²) >= 11 is 0. The minimum atomic E-state index is -0.936. The molecule has 0 unspecified atom stereocenters. The molecule has 1 N–H and O–H groups in total. The van der Waals surface area contributed by atoms with Crippen LogP contribution < -0.4 is 0 Å². The topological polar surface area (TPSA) is 85.1 Å². The quantitative estimate of drug-likeness (QED) is 0.251. The van der Waals surface area contributed by atoms with Gasteiger partial charge in [-0.3, -0.25) is 4.79 Å². The first kappa shape index (κ1) is 24.8. The number of hydrogen-bond acceptors (Lipinski definition) is 4. The number of nitrogens with zero attached hydrogens (tertiary/aromatic N) is 3. The van der Waals surface area contributed by atoms with Crippen LogP contribution >= 0.6 is 0 Å². The second-order valence-corrected chi connectivity index (χ2v) is 9.65. The number of carboxylic acids is 1. The highest BCUT2D eigenvalue weighted by atomic mass is 16.4. The molecule has 0 saturated heterocycles. The minimum absolute atomic E-state index is 0.0630. The monoisotopic (exact) mass is 473 g/mol. The Labute approximate surface area is 207 Å². The summed E-state index contributed by atoms with van der Waals surface area (Å²) in [4.78, 5) is 29.2. The summed E-state index contributed by atoms with van der Waals surface area (Å²) in [6.45, 7) is 2.71. The number of carbonyl (C=O) groups excluding carboxylic acids is 1. The first-order valence-corrected chi connectivity index (χ1v) is 12.9. The molecular weight excluding hydrogens is 438 g/mol. The second-order valence-electron chi connectivity index (χ2n) is 9.65. The van der Waals surface area contributed by atoms with Gasteiger partial charge >= 0.3 is 5.97 Å². The molecule has 0 spiro atoms. The van der Waals surface area contributed by atoms with Gasteiger partial charge in [0, 0.05) is 12.8 Å². The fraction of sp³-hybridized carbons (Fsp3) is 0.448. The van der Waals surface area contributed by atoms with Crippen LogP contribution in [-0.4, -0.2) is 31.6 Å². The number of rotatable bonds is 11. The highest BCUT2D eigenvalue weighted by Gasteiger charge is 2.22. The molecule has 1 aromatic heterocycles. The van der Waals surface area contributed by atoms with Crippen LogP contribution in [0.4, 0.5) is 0 Å². The van der Waals surface area contributed by atoms with E-state index in [0.717, 1.165) is 55.5 Å². The largest absolute Gasteiger partial charge is 0.478 e. The lowest BCUT2D eigenvalue weighted by atomic mass is 9.86. The van der Waals surface area contributed by atoms with Crippen molar-refractivity contribution in [2.75, 3.05) is 0 Å². The third kappa shape index (κ3) is 6.44. The Kier molecular flexibility index (Phi) is 8.45. The van der Waals surface area contributed by atoms with Crippen LogP contribution in [0.25, 0.3) is 11.1 Å². The number of benzene rings is 2. The zero-order chi connectivity index (χ0) is 24.6. The summed E-state index contributed by atoms with van der Waals surface area (Å²) in [5, 5.41) is 14.1. The molecule has 1 heterocycles. The smallest absolute Gasteiger partial charge is 0.336 e. The van der Waals surface area contributed by atoms with E-state index in [1.807, 2.05) is 41.1 Å². The number of Topliss-reactive ketones (excluding diaryl/α,β-unsaturated/α-hetero) is 1. The molecule has 6 heteroatoms. The Bertz CT molecular complexity index is 1140. The highest BCUT2D eigenvalue weighted by molar-refractivity contribution is 5.96. The van der Waals surface area contributed by atoms with Gasteiger partial charge in [-0.1, -0.05) is 94.3 Å². The maximum Gasteiger partial charge on any atom is 0.336 e. The Morgan fingerprint density at radius 1 is 1.00 bits per heavy atom. The third-order valence-electron chi connectivity index (χ3n) is 6.96. The van der Waals surface area contributed by atoms with Crippen LogP contribution in [-0.2, 0) is 13.0 Å². The van der Waals surface area contributed by atoms with Crippen LogP contribution in [0.2, 0.25) is 0 Å². The van der Waals surface area contributed by atoms with Gasteiger partial charge in [0.15, 0.2) is 0 Å². The molecule has 0 atom stereocenters. The number of carboxylic acid groups (broad SMARTS) is 1. The molecule has 6 nitrogen and oxygen atoms in total. The third-order valence-corrected chi connectivity index (χ3v) is 6.96. The Morgan fingerprint density at radius 2 is 1.74 bits per heavy atom. The zero-order valence-corrected chi connectivity index (χ0v) is 20.6. The normalized spacial score (nSPS) is 14.2. The van der Waals surface area contributed by atoms with E-state index in [9.17, 15) is 14.7 Å². The average Bonchev–Trinajstić information content (AvgIpc) is 3.28. The fourth-order valence-electron chi connectivity index (χ4n) is 4.97. The van der Waals surface area contributed by atoms with Gasteiger partial charge in [-0.2, -0.15) is 0 Å². The van der Waals surface area contributed by atoms with E-state index in [4.69, 9.17) is 0 Å². The molecule has 184 valence electrons. The van der Waals surface area contributed by atoms with E-state index >= 15 is 0 Å². The second kappa shape index (κ2) is 11.9. The summed E-state index contributed by atoms with van der Waals surface area (Å²) in [6.07, 6.45) is 10.6. The van der Waals surface area contributed by atoms with Gasteiger partial charge in [-0.05, 0) is 35.1 Å². The van der Waals surface area contributed by atoms with Gasteiger partial charge < -0.3 is 5.11 Å². The van der Waals surface area contributed by atoms with Gasteiger partial charge in [-0.25, -0.2) is 14.5 Å². The number of carbonyl (C=O) groups is 2. The summed E-state index contributed by atoms with van der Waals surface area (Å²) in [7, 11) is 0. The molecule has 1 aliphatic rings. The standard InChI is InChI=1S/C29H35N3O3/c1-2-3-5-14-27-30-28(26(33)19-21-10-6-4-7-11-21)31-32(27)20-22-15-17-23(18-16-22)24-12-8-9-13-25(24)29(34)35/h8-9,12-13,15-18,21H,2-7,10-11,14,19-20H2,1H3,(H,34,35). The van der Waals surface area contributed by atoms with E-state index in [2.05, 4.69) is 17.0 Å². The number of ketones is 1. The van der Waals surface area contributed by atoms with Gasteiger partial charge in [-0.15, -0.1) is 5.10 Å². The van der Waals surface area contributed by atoms with Crippen molar-refractivity contribution in [1.82, 2.24) is 14.8 Å². The summed E-state index contributed by atoms with van der Waals surface area (Å²) in [6, 6.07) is 14.9. The Balaban J connectivity index is 1.52. The lowest BCUT2D eigenvalue weighted by molar-refractivity contribution is 0.0697. The number of aryl methyl sites for hydroxylation is 1. The zero-order valence-electron chi connectivity index (χ0n) is 20.6. The first-order valence-electron chi connectivity index (χ1n) is 12.9. The highest BCUT2D eigenvalue weighted by Crippen LogP contribution is 2.27. The summed E-state index contributed by atoms with van der Waals surface area (Å²) < 4.78 is 1.88. The molecule has 1 fully saturated rings. The number of aromatic nitrogens is 3. The Hall–Kier alpha value is -3.28. The van der Waals surface area contributed by atoms with Crippen molar-refractivity contribution >= 4 is 11.8 Å². The first-order chi connectivity index (χ1) is 17.0. The van der Waals surface area contributed by atoms with Crippen LogP contribution in [0.3, 0.4) is 0 Å². The molecule has 2 aromatic carbocycles. The molecule has 35 heavy (non-hydrogen) atoms. The van der Waals surface area contributed by atoms with Crippen molar-refractivity contribution in [3.8, 4) is 11.1 Å². The molecule has 1 aliphatic carbocycles. The maximum absolute atomic E-state index is 13.0. The van der Waals surface area contributed by atoms with Gasteiger partial charge in [0.25, 0.3) is 0 Å². The van der Waals surface area contributed by atoms with Crippen LogP contribution in [0.15, 0.2) is 48.5 Å². The molecule has 0 amide bonds. The molecule has 3 aromatic rings. The lowest BCUT2D eigenvalue weighted by Crippen LogP contribution is -2.13. The minimum Gasteiger partial charge on any atom is -0.478 e. The van der Waals surface area contributed by atoms with E-state index in [1.54, 1.807) is 12.1 Å². The van der Waals surface area contributed by atoms with Crippen molar-refractivity contribution < 1.29 is 14.7 Å². The number of hydrogen-bond donors (Lipinski definition) is 1. The van der Waals surface area contributed by atoms with Gasteiger partial charge in [0.2, 0.25) is 11.6 Å². The number of unbranched alkanes of at least 4 members (excludes halogenated alkanes) is 2. The van der Waals surface area contributed by atoms with Crippen molar-refractivity contribution in [2.45, 2.75) is 77.7 Å². The van der Waals surface area contributed by atoms with Gasteiger partial charge in [0.05, 0.1) is 12.1 Å². The number of aromatic carboxylic acids is 1. The summed E-state index contributed by atoms with van der Waals surface area (Å²) in [5.41, 5.74) is 2.88. The van der Waals surface area contributed by atoms with E-state index in [0.29, 0.717) is 30.3 Å². The van der Waals surface area contributed by atoms with Crippen molar-refractivity contribution in [2.24, 2.45) is 5.92 Å². The van der Waals surface area contributed by atoms with Gasteiger partial charge in [0.1, 0.15) is 5.82 Å². The van der Waals surface area contributed by atoms with E-state index < -0.39 is 5.97 Å². The van der Waals surface area contributed by atoms with Crippen molar-refractivity contribution in [3.63, 3.8) is 0 Å². The van der Waals surface area contributed by atoms with Crippen LogP contribution in [0.1, 0.15) is 97.1 Å². The predicted molar refractivity (Wildman–Crippen MR) is 137 cm³/mol. The molecule has 0 radical (unpaired) electrons. The van der Waals surface area contributed by atoms with E-state index in [-0.39, 0.29) is 11.3 Å². The molecule has 1 saturated carbocycles. The van der Waals surface area contributed by atoms with Crippen molar-refractivity contribution in [3.05, 3.63) is 71.3 Å². The van der Waals surface area contributed by atoms with E-state index in [1.165, 1.54) is 19.3 Å². The molecule has 0 bridgehead atoms. The fourth-order valence-corrected chi connectivity index (χ4v) is 4.97. The van der Waals surface area contributed by atoms with Crippen molar-refractivity contribution in [1.29, 1.82) is 0 Å². The van der Waals surface area contributed by atoms with Crippen LogP contribution in [0, 0.1) is 5.92 Å². The lowest BCUT2D eigenvalue weighted by Gasteiger charge is -2.19. The molecule has 0 aliphatic heterocycles. The SMILES string of the molecule is CCCCCc1nc(C(=O)CC2CCCCC2)nn1Cc1ccc(-c2ccccc2C(=O)O)cc1. The molecular formula is C29H35N3O3. The van der Waals surface area contributed by atoms with Crippen LogP contribution in [0.5, 0.6) is 0 Å². The predicted octanol–water partition coefficient (Wildman–Crippen LogP) is 6.58. The average molecular weight is 474 g/mol. The maximum atomic E-state index is 13.0.